The predicted molar refractivity (Wildman–Crippen MR) is 212 cm³/mol. The van der Waals surface area contributed by atoms with Gasteiger partial charge in [-0.3, -0.25) is 9.59 Å². The van der Waals surface area contributed by atoms with Crippen LogP contribution < -0.4 is 0 Å². The molecule has 0 saturated carbocycles. The number of nitrogens with zero attached hydrogens (tertiary/aromatic N) is 1. The van der Waals surface area contributed by atoms with Gasteiger partial charge in [0.25, 0.3) is 0 Å². The lowest BCUT2D eigenvalue weighted by atomic mass is 9.73. The number of thiazole rings is 1. The molecule has 1 rings (SSSR count). The molecule has 1 aromatic heterocycles. The van der Waals surface area contributed by atoms with E-state index in [1.807, 2.05) is 46.1 Å². The monoisotopic (exact) mass is 737 g/mol. The van der Waals surface area contributed by atoms with Crippen molar-refractivity contribution in [3.63, 3.8) is 0 Å². The van der Waals surface area contributed by atoms with Crippen molar-refractivity contribution in [2.45, 2.75) is 177 Å². The summed E-state index contributed by atoms with van der Waals surface area (Å²) in [5, 5.41) is 23.5. The lowest BCUT2D eigenvalue weighted by Gasteiger charge is -2.46. The van der Waals surface area contributed by atoms with E-state index >= 15 is 0 Å². The van der Waals surface area contributed by atoms with Gasteiger partial charge in [-0.05, 0) is 100 Å². The summed E-state index contributed by atoms with van der Waals surface area (Å²) in [6, 6.07) is 0. The molecule has 0 spiro atoms. The van der Waals surface area contributed by atoms with Gasteiger partial charge in [0.05, 0.1) is 35.4 Å². The fourth-order valence-electron chi connectivity index (χ4n) is 5.50. The Morgan fingerprint density at radius 3 is 1.96 bits per heavy atom. The molecule has 282 valence electrons. The molecule has 1 heterocycles. The second-order valence-corrected chi connectivity index (χ2v) is 28.6. The topological polar surface area (TPSA) is 106 Å². The van der Waals surface area contributed by atoms with Gasteiger partial charge in [0, 0.05) is 16.7 Å². The van der Waals surface area contributed by atoms with Crippen molar-refractivity contribution in [1.29, 1.82) is 0 Å². The number of hydrogen-bond donors (Lipinski definition) is 2. The van der Waals surface area contributed by atoms with E-state index in [1.54, 1.807) is 11.3 Å². The maximum Gasteiger partial charge on any atom is 0.305 e. The first-order valence-electron chi connectivity index (χ1n) is 18.1. The van der Waals surface area contributed by atoms with Crippen LogP contribution in [0.15, 0.2) is 22.6 Å². The van der Waals surface area contributed by atoms with Crippen LogP contribution in [0.2, 0.25) is 36.3 Å². The Kier molecular flexibility index (Phi) is 16.6. The Morgan fingerprint density at radius 1 is 0.959 bits per heavy atom. The molecule has 0 radical (unpaired) electrons. The third kappa shape index (κ3) is 13.6. The first-order chi connectivity index (χ1) is 22.0. The molecular weight excluding hydrogens is 667 g/mol. The second-order valence-electron chi connectivity index (χ2n) is 18.0. The van der Waals surface area contributed by atoms with E-state index in [-0.39, 0.29) is 34.3 Å². The van der Waals surface area contributed by atoms with Gasteiger partial charge in [0.2, 0.25) is 0 Å². The van der Waals surface area contributed by atoms with Crippen LogP contribution >= 0.6 is 11.3 Å². The molecule has 1 aromatic rings. The molecule has 7 nitrogen and oxygen atoms in total. The number of aromatic nitrogens is 1. The van der Waals surface area contributed by atoms with Crippen molar-refractivity contribution in [2.75, 3.05) is 0 Å². The fourth-order valence-corrected chi connectivity index (χ4v) is 8.99. The number of carbonyl (C=O) groups is 2. The maximum absolute atomic E-state index is 14.5. The number of aliphatic hydroxyl groups is 1. The summed E-state index contributed by atoms with van der Waals surface area (Å²) in [5.41, 5.74) is 2.00. The minimum atomic E-state index is -2.37. The highest BCUT2D eigenvalue weighted by atomic mass is 32.1. The van der Waals surface area contributed by atoms with Gasteiger partial charge in [-0.2, -0.15) is 0 Å². The molecular formula is C39H71NO6SSi2. The van der Waals surface area contributed by atoms with Crippen LogP contribution in [0.25, 0.3) is 6.08 Å². The first-order valence-corrected chi connectivity index (χ1v) is 24.8. The van der Waals surface area contributed by atoms with Gasteiger partial charge in [0.15, 0.2) is 16.6 Å². The van der Waals surface area contributed by atoms with Gasteiger partial charge in [-0.15, -0.1) is 11.3 Å². The van der Waals surface area contributed by atoms with E-state index < -0.39 is 46.1 Å². The molecule has 0 fully saturated rings. The number of allylic oxidation sites excluding steroid dienone is 1. The normalized spacial score (nSPS) is 17.4. The van der Waals surface area contributed by atoms with E-state index in [1.165, 1.54) is 5.57 Å². The quantitative estimate of drug-likeness (QED) is 0.108. The number of aryl methyl sites for hydroxylation is 1. The first kappa shape index (κ1) is 45.6. The van der Waals surface area contributed by atoms with Crippen LogP contribution in [-0.4, -0.2) is 61.9 Å². The smallest absolute Gasteiger partial charge is 0.305 e. The minimum absolute atomic E-state index is 0.00526. The molecule has 0 bridgehead atoms. The summed E-state index contributed by atoms with van der Waals surface area (Å²) in [6.07, 6.45) is 5.52. The number of carbonyl (C=O) groups excluding carboxylic acids is 1. The van der Waals surface area contributed by atoms with Crippen molar-refractivity contribution in [3.05, 3.63) is 33.3 Å². The molecule has 0 aliphatic heterocycles. The van der Waals surface area contributed by atoms with Crippen LogP contribution in [0.4, 0.5) is 0 Å². The van der Waals surface area contributed by atoms with Crippen LogP contribution in [0.5, 0.6) is 0 Å². The summed E-state index contributed by atoms with van der Waals surface area (Å²) in [7, 11) is -4.63. The Labute approximate surface area is 305 Å². The number of rotatable bonds is 19. The third-order valence-electron chi connectivity index (χ3n) is 11.2. The molecule has 5 atom stereocenters. The number of hydrogen-bond acceptors (Lipinski definition) is 7. The van der Waals surface area contributed by atoms with Crippen LogP contribution in [-0.2, 0) is 18.4 Å². The number of aliphatic carboxylic acids is 1. The van der Waals surface area contributed by atoms with E-state index in [9.17, 15) is 19.8 Å². The van der Waals surface area contributed by atoms with Crippen molar-refractivity contribution in [3.8, 4) is 0 Å². The van der Waals surface area contributed by atoms with Gasteiger partial charge in [-0.1, -0.05) is 80.9 Å². The fraction of sp³-hybridized carbons (Fsp3) is 0.769. The lowest BCUT2D eigenvalue weighted by Crippen LogP contribution is -2.54. The van der Waals surface area contributed by atoms with Crippen LogP contribution in [0, 0.1) is 24.2 Å². The van der Waals surface area contributed by atoms with E-state index in [2.05, 4.69) is 92.6 Å². The molecule has 49 heavy (non-hydrogen) atoms. The number of carboxylic acid groups (broad SMARTS) is 1. The van der Waals surface area contributed by atoms with Crippen LogP contribution in [0.1, 0.15) is 126 Å². The predicted octanol–water partition coefficient (Wildman–Crippen LogP) is 10.8. The zero-order valence-corrected chi connectivity index (χ0v) is 36.9. The van der Waals surface area contributed by atoms with Crippen molar-refractivity contribution < 1.29 is 28.7 Å². The molecule has 0 saturated heterocycles. The van der Waals surface area contributed by atoms with Crippen LogP contribution in [0.3, 0.4) is 0 Å². The number of aliphatic hydroxyl groups excluding tert-OH is 1. The van der Waals surface area contributed by atoms with Gasteiger partial charge >= 0.3 is 5.97 Å². The summed E-state index contributed by atoms with van der Waals surface area (Å²) in [5.74, 6) is -1.31. The largest absolute Gasteiger partial charge is 0.481 e. The molecule has 0 aliphatic rings. The Balaban J connectivity index is 3.20. The zero-order valence-electron chi connectivity index (χ0n) is 34.0. The van der Waals surface area contributed by atoms with Gasteiger partial charge in [-0.25, -0.2) is 4.98 Å². The third-order valence-corrected chi connectivity index (χ3v) is 21.0. The Hall–Kier alpha value is -1.44. The van der Waals surface area contributed by atoms with Crippen molar-refractivity contribution in [1.82, 2.24) is 4.98 Å². The SMILES string of the molecule is C/C(=C/C[C@H](O)/C(C)=C/c1csc(C)n1)CCC[C@H](C)[C@H](O[Si](C)(C)C(C)(C)C)[C@@H](C)C(=O)C(C)(C)[C@H](CC(=O)O)O[Si](C)(C)C(C)(C)C. The van der Waals surface area contributed by atoms with Gasteiger partial charge < -0.3 is 19.1 Å². The van der Waals surface area contributed by atoms with E-state index in [0.29, 0.717) is 6.42 Å². The molecule has 0 amide bonds. The molecule has 0 aliphatic carbocycles. The Morgan fingerprint density at radius 2 is 1.49 bits per heavy atom. The highest BCUT2D eigenvalue weighted by Gasteiger charge is 2.49. The summed E-state index contributed by atoms with van der Waals surface area (Å²) >= 11 is 1.60. The standard InChI is InChI=1S/C39H71NO6SSi2/c1-26(21-22-32(41)28(3)23-31-25-47-30(5)40-31)19-18-20-27(2)35(46-49(16,17)38(9,10)11)29(4)36(44)39(12,13)33(24-34(42)43)45-48(14,15)37(6,7)8/h21,23,25,27,29,32-33,35,41H,18-20,22,24H2,1-17H3,(H,42,43)/b26-21-,28-23+/t27-,29+,32-,33-,35-/m0/s1. The molecule has 0 aromatic carbocycles. The number of carboxylic acids is 1. The number of ketones is 1. The number of Topliss-reactive ketones (excluding diaryl/α,β-unsaturated/α-hetero) is 1. The molecule has 10 heteroatoms. The zero-order chi connectivity index (χ0) is 38.3. The molecule has 2 N–H and O–H groups in total. The average molecular weight is 738 g/mol. The van der Waals surface area contributed by atoms with E-state index in [0.717, 1.165) is 35.5 Å². The summed E-state index contributed by atoms with van der Waals surface area (Å²) in [4.78, 5) is 31.1. The van der Waals surface area contributed by atoms with Crippen molar-refractivity contribution in [2.24, 2.45) is 17.3 Å². The maximum atomic E-state index is 14.5. The Bertz CT molecular complexity index is 1300. The summed E-state index contributed by atoms with van der Waals surface area (Å²) < 4.78 is 13.8. The second kappa shape index (κ2) is 17.9. The highest BCUT2D eigenvalue weighted by Crippen LogP contribution is 2.44. The lowest BCUT2D eigenvalue weighted by molar-refractivity contribution is -0.146. The molecule has 0 unspecified atom stereocenters. The van der Waals surface area contributed by atoms with Gasteiger partial charge in [0.1, 0.15) is 5.78 Å². The highest BCUT2D eigenvalue weighted by molar-refractivity contribution is 7.09. The minimum Gasteiger partial charge on any atom is -0.481 e. The van der Waals surface area contributed by atoms with Crippen molar-refractivity contribution >= 4 is 45.8 Å². The van der Waals surface area contributed by atoms with E-state index in [4.69, 9.17) is 8.85 Å². The summed E-state index contributed by atoms with van der Waals surface area (Å²) in [6.45, 7) is 35.6. The average Bonchev–Trinajstić information content (AvgIpc) is 3.35.